The number of aryl methyl sites for hydroxylation is 1. The summed E-state index contributed by atoms with van der Waals surface area (Å²) < 4.78 is 1.91. The van der Waals surface area contributed by atoms with Crippen LogP contribution in [0.3, 0.4) is 0 Å². The number of thioether (sulfide) groups is 1. The van der Waals surface area contributed by atoms with E-state index < -0.39 is 0 Å². The summed E-state index contributed by atoms with van der Waals surface area (Å²) in [6, 6.07) is 8.15. The number of rotatable bonds is 3. The van der Waals surface area contributed by atoms with Crippen molar-refractivity contribution in [3.05, 3.63) is 41.7 Å². The molecule has 0 aliphatic carbocycles. The monoisotopic (exact) mass is 258 g/mol. The first-order valence-electron chi connectivity index (χ1n) is 5.54. The summed E-state index contributed by atoms with van der Waals surface area (Å²) in [6.45, 7) is 0.387. The maximum absolute atomic E-state index is 5.36. The summed E-state index contributed by atoms with van der Waals surface area (Å²) in [7, 11) is 1.94. The number of nitrogens with two attached hydrogens (primary N) is 1. The summed E-state index contributed by atoms with van der Waals surface area (Å²) >= 11 is 1.66. The molecule has 0 amide bonds. The van der Waals surface area contributed by atoms with Crippen LogP contribution in [0.2, 0.25) is 0 Å². The second kappa shape index (κ2) is 6.24. The van der Waals surface area contributed by atoms with Gasteiger partial charge in [0.05, 0.1) is 6.54 Å². The minimum atomic E-state index is 0.387. The molecule has 0 saturated carbocycles. The van der Waals surface area contributed by atoms with E-state index in [9.17, 15) is 0 Å². The van der Waals surface area contributed by atoms with Gasteiger partial charge in [0.25, 0.3) is 0 Å². The van der Waals surface area contributed by atoms with Gasteiger partial charge in [0, 0.05) is 18.4 Å². The van der Waals surface area contributed by atoms with E-state index in [-0.39, 0.29) is 0 Å². The van der Waals surface area contributed by atoms with Crippen molar-refractivity contribution in [2.75, 3.05) is 6.54 Å². The van der Waals surface area contributed by atoms with Crippen molar-refractivity contribution in [1.82, 2.24) is 14.8 Å². The zero-order valence-corrected chi connectivity index (χ0v) is 10.9. The first-order chi connectivity index (χ1) is 8.79. The van der Waals surface area contributed by atoms with Gasteiger partial charge in [-0.3, -0.25) is 0 Å². The Labute approximate surface area is 111 Å². The van der Waals surface area contributed by atoms with Crippen LogP contribution in [-0.4, -0.2) is 21.3 Å². The van der Waals surface area contributed by atoms with E-state index in [1.54, 1.807) is 18.1 Å². The lowest BCUT2D eigenvalue weighted by atomic mass is 10.1. The number of benzene rings is 1. The molecule has 1 heterocycles. The Hall–Kier alpha value is -1.77. The van der Waals surface area contributed by atoms with Crippen LogP contribution >= 0.6 is 11.8 Å². The van der Waals surface area contributed by atoms with Gasteiger partial charge in [0.15, 0.2) is 5.16 Å². The third kappa shape index (κ3) is 3.36. The van der Waals surface area contributed by atoms with Gasteiger partial charge in [0.1, 0.15) is 6.33 Å². The molecule has 1 aromatic heterocycles. The molecule has 0 bridgehead atoms. The highest BCUT2D eigenvalue weighted by molar-refractivity contribution is 7.98. The summed E-state index contributed by atoms with van der Waals surface area (Å²) in [6.07, 6.45) is 1.70. The molecule has 18 heavy (non-hydrogen) atoms. The van der Waals surface area contributed by atoms with Crippen LogP contribution < -0.4 is 5.73 Å². The van der Waals surface area contributed by atoms with Gasteiger partial charge in [-0.2, -0.15) is 0 Å². The molecule has 0 spiro atoms. The average molecular weight is 258 g/mol. The van der Waals surface area contributed by atoms with E-state index in [1.165, 1.54) is 5.56 Å². The fraction of sp³-hybridized carbons (Fsp3) is 0.231. The van der Waals surface area contributed by atoms with Crippen LogP contribution in [0.15, 0.2) is 35.7 Å². The molecule has 0 unspecified atom stereocenters. The molecule has 4 nitrogen and oxygen atoms in total. The second-order valence-electron chi connectivity index (χ2n) is 3.72. The summed E-state index contributed by atoms with van der Waals surface area (Å²) in [5.41, 5.74) is 7.57. The zero-order valence-electron chi connectivity index (χ0n) is 10.1. The van der Waals surface area contributed by atoms with Crippen LogP contribution in [0.25, 0.3) is 0 Å². The molecule has 1 aromatic carbocycles. The highest BCUT2D eigenvalue weighted by atomic mass is 32.2. The van der Waals surface area contributed by atoms with Crippen molar-refractivity contribution < 1.29 is 0 Å². The van der Waals surface area contributed by atoms with Crippen molar-refractivity contribution in [3.63, 3.8) is 0 Å². The Balaban J connectivity index is 2.03. The molecule has 92 valence electrons. The predicted molar refractivity (Wildman–Crippen MR) is 72.9 cm³/mol. The van der Waals surface area contributed by atoms with Crippen molar-refractivity contribution in [3.8, 4) is 11.8 Å². The fourth-order valence-electron chi connectivity index (χ4n) is 1.44. The molecule has 0 fully saturated rings. The molecule has 0 aliphatic heterocycles. The topological polar surface area (TPSA) is 56.7 Å². The minimum absolute atomic E-state index is 0.387. The third-order valence-electron chi connectivity index (χ3n) is 2.30. The van der Waals surface area contributed by atoms with Gasteiger partial charge >= 0.3 is 0 Å². The Morgan fingerprint density at radius 3 is 3.06 bits per heavy atom. The quantitative estimate of drug-likeness (QED) is 0.668. The van der Waals surface area contributed by atoms with Gasteiger partial charge in [-0.1, -0.05) is 35.7 Å². The van der Waals surface area contributed by atoms with E-state index in [0.717, 1.165) is 16.5 Å². The maximum atomic E-state index is 5.36. The smallest absolute Gasteiger partial charge is 0.191 e. The SMILES string of the molecule is Cn1cnnc1SCc1cccc(C#CCN)c1. The first kappa shape index (κ1) is 12.7. The molecular weight excluding hydrogens is 244 g/mol. The van der Waals surface area contributed by atoms with E-state index in [1.807, 2.05) is 23.7 Å². The van der Waals surface area contributed by atoms with E-state index >= 15 is 0 Å². The fourth-order valence-corrected chi connectivity index (χ4v) is 2.27. The number of aromatic nitrogens is 3. The standard InChI is InChI=1S/C13H14N4S/c1-17-10-15-16-13(17)18-9-12-5-2-4-11(8-12)6-3-7-14/h2,4-5,8,10H,7,9,14H2,1H3. The largest absolute Gasteiger partial charge is 0.320 e. The van der Waals surface area contributed by atoms with Crippen molar-refractivity contribution >= 4 is 11.8 Å². The van der Waals surface area contributed by atoms with E-state index in [0.29, 0.717) is 6.54 Å². The Morgan fingerprint density at radius 2 is 2.33 bits per heavy atom. The lowest BCUT2D eigenvalue weighted by Crippen LogP contribution is -1.93. The second-order valence-corrected chi connectivity index (χ2v) is 4.66. The highest BCUT2D eigenvalue weighted by Crippen LogP contribution is 2.20. The molecule has 0 atom stereocenters. The molecule has 2 aromatic rings. The van der Waals surface area contributed by atoms with Crippen LogP contribution in [0.1, 0.15) is 11.1 Å². The molecule has 5 heteroatoms. The van der Waals surface area contributed by atoms with Crippen LogP contribution in [0.5, 0.6) is 0 Å². The first-order valence-corrected chi connectivity index (χ1v) is 6.53. The molecule has 0 radical (unpaired) electrons. The number of nitrogens with zero attached hydrogens (tertiary/aromatic N) is 3. The molecule has 0 saturated heterocycles. The van der Waals surface area contributed by atoms with E-state index in [4.69, 9.17) is 5.73 Å². The van der Waals surface area contributed by atoms with Gasteiger partial charge in [-0.25, -0.2) is 0 Å². The molecule has 2 rings (SSSR count). The predicted octanol–water partition coefficient (Wildman–Crippen LogP) is 1.42. The van der Waals surface area contributed by atoms with Gasteiger partial charge in [-0.15, -0.1) is 10.2 Å². The van der Waals surface area contributed by atoms with Crippen molar-refractivity contribution in [2.45, 2.75) is 10.9 Å². The normalized spacial score (nSPS) is 9.89. The van der Waals surface area contributed by atoms with Gasteiger partial charge in [-0.05, 0) is 17.7 Å². The zero-order chi connectivity index (χ0) is 12.8. The van der Waals surface area contributed by atoms with Crippen molar-refractivity contribution in [1.29, 1.82) is 0 Å². The van der Waals surface area contributed by atoms with E-state index in [2.05, 4.69) is 34.2 Å². The highest BCUT2D eigenvalue weighted by Gasteiger charge is 2.02. The maximum Gasteiger partial charge on any atom is 0.191 e. The van der Waals surface area contributed by atoms with Crippen LogP contribution in [0, 0.1) is 11.8 Å². The third-order valence-corrected chi connectivity index (χ3v) is 3.41. The Bertz CT molecular complexity index is 580. The van der Waals surface area contributed by atoms with Crippen LogP contribution in [0.4, 0.5) is 0 Å². The van der Waals surface area contributed by atoms with Crippen molar-refractivity contribution in [2.24, 2.45) is 12.8 Å². The number of hydrogen-bond acceptors (Lipinski definition) is 4. The Morgan fingerprint density at radius 1 is 1.44 bits per heavy atom. The van der Waals surface area contributed by atoms with Crippen LogP contribution in [-0.2, 0) is 12.8 Å². The van der Waals surface area contributed by atoms with Gasteiger partial charge < -0.3 is 10.3 Å². The molecular formula is C13H14N4S. The lowest BCUT2D eigenvalue weighted by molar-refractivity contribution is 0.788. The Kier molecular flexibility index (Phi) is 4.40. The molecule has 0 aliphatic rings. The number of hydrogen-bond donors (Lipinski definition) is 1. The van der Waals surface area contributed by atoms with Gasteiger partial charge in [0.2, 0.25) is 0 Å². The lowest BCUT2D eigenvalue weighted by Gasteiger charge is -2.01. The summed E-state index contributed by atoms with van der Waals surface area (Å²) in [5.74, 6) is 6.74. The minimum Gasteiger partial charge on any atom is -0.320 e. The summed E-state index contributed by atoms with van der Waals surface area (Å²) in [4.78, 5) is 0. The summed E-state index contributed by atoms with van der Waals surface area (Å²) in [5, 5.41) is 8.79. The molecule has 2 N–H and O–H groups in total. The average Bonchev–Trinajstić information content (AvgIpc) is 2.80.